The molecule has 0 aliphatic rings. The van der Waals surface area contributed by atoms with E-state index >= 15 is 0 Å². The highest BCUT2D eigenvalue weighted by atomic mass is 32.1. The molecule has 1 aromatic heterocycles. The molecule has 1 aromatic carbocycles. The summed E-state index contributed by atoms with van der Waals surface area (Å²) in [6.45, 7) is 8.15. The maximum atomic E-state index is 12.6. The normalized spacial score (nSPS) is 10.5. The molecule has 0 aliphatic heterocycles. The van der Waals surface area contributed by atoms with Gasteiger partial charge in [0.15, 0.2) is 5.11 Å². The van der Waals surface area contributed by atoms with Gasteiger partial charge in [-0.3, -0.25) is 0 Å². The van der Waals surface area contributed by atoms with Crippen LogP contribution in [0.3, 0.4) is 0 Å². The first kappa shape index (κ1) is 18.4. The van der Waals surface area contributed by atoms with E-state index in [4.69, 9.17) is 17.0 Å². The van der Waals surface area contributed by atoms with Crippen molar-refractivity contribution in [2.45, 2.75) is 33.7 Å². The minimum absolute atomic E-state index is 0.214. The third-order valence-electron chi connectivity index (χ3n) is 3.27. The van der Waals surface area contributed by atoms with Gasteiger partial charge >= 0.3 is 5.97 Å². The first-order chi connectivity index (χ1) is 11.4. The van der Waals surface area contributed by atoms with Crippen LogP contribution in [-0.4, -0.2) is 23.7 Å². The lowest BCUT2D eigenvalue weighted by Gasteiger charge is -2.13. The summed E-state index contributed by atoms with van der Waals surface area (Å²) < 4.78 is 5.27. The second-order valence-electron chi connectivity index (χ2n) is 5.58. The average molecular weight is 363 g/mol. The van der Waals surface area contributed by atoms with Gasteiger partial charge < -0.3 is 15.4 Å². The van der Waals surface area contributed by atoms with Crippen molar-refractivity contribution in [1.29, 1.82) is 0 Å². The van der Waals surface area contributed by atoms with Gasteiger partial charge in [-0.05, 0) is 45.5 Å². The molecule has 24 heavy (non-hydrogen) atoms. The molecule has 0 saturated heterocycles. The van der Waals surface area contributed by atoms with Crippen LogP contribution in [0.2, 0.25) is 0 Å². The zero-order valence-corrected chi connectivity index (χ0v) is 15.9. The number of esters is 1. The number of nitrogens with one attached hydrogen (secondary N) is 2. The maximum Gasteiger partial charge on any atom is 0.341 e. The number of hydrogen-bond acceptors (Lipinski definition) is 4. The Morgan fingerprint density at radius 1 is 1.29 bits per heavy atom. The summed E-state index contributed by atoms with van der Waals surface area (Å²) in [7, 11) is 0. The van der Waals surface area contributed by atoms with E-state index < -0.39 is 0 Å². The Morgan fingerprint density at radius 3 is 2.54 bits per heavy atom. The van der Waals surface area contributed by atoms with Crippen LogP contribution in [0.5, 0.6) is 0 Å². The molecule has 0 fully saturated rings. The van der Waals surface area contributed by atoms with Crippen molar-refractivity contribution in [2.24, 2.45) is 0 Å². The molecule has 0 saturated carbocycles. The monoisotopic (exact) mass is 362 g/mol. The Kier molecular flexibility index (Phi) is 6.34. The summed E-state index contributed by atoms with van der Waals surface area (Å²) in [6.07, 6.45) is 0. The van der Waals surface area contributed by atoms with E-state index in [0.717, 1.165) is 16.0 Å². The van der Waals surface area contributed by atoms with Crippen LogP contribution in [0.15, 0.2) is 30.3 Å². The van der Waals surface area contributed by atoms with E-state index in [1.54, 1.807) is 6.92 Å². The van der Waals surface area contributed by atoms with Gasteiger partial charge in [-0.2, -0.15) is 0 Å². The lowest BCUT2D eigenvalue weighted by atomic mass is 10.0. The first-order valence-electron chi connectivity index (χ1n) is 7.87. The predicted molar refractivity (Wildman–Crippen MR) is 105 cm³/mol. The molecule has 6 heteroatoms. The average Bonchev–Trinajstić information content (AvgIpc) is 2.83. The zero-order valence-electron chi connectivity index (χ0n) is 14.3. The molecule has 128 valence electrons. The van der Waals surface area contributed by atoms with Gasteiger partial charge in [-0.1, -0.05) is 30.3 Å². The number of benzene rings is 1. The molecule has 0 atom stereocenters. The van der Waals surface area contributed by atoms with Crippen LogP contribution in [-0.2, 0) is 4.74 Å². The highest BCUT2D eigenvalue weighted by Gasteiger charge is 2.24. The summed E-state index contributed by atoms with van der Waals surface area (Å²) >= 11 is 6.83. The van der Waals surface area contributed by atoms with Crippen molar-refractivity contribution in [1.82, 2.24) is 5.32 Å². The van der Waals surface area contributed by atoms with Gasteiger partial charge in [0.05, 0.1) is 6.61 Å². The number of anilines is 1. The highest BCUT2D eigenvalue weighted by molar-refractivity contribution is 7.80. The minimum atomic E-state index is -0.337. The van der Waals surface area contributed by atoms with Crippen LogP contribution in [0.1, 0.15) is 36.0 Å². The van der Waals surface area contributed by atoms with Crippen molar-refractivity contribution < 1.29 is 9.53 Å². The quantitative estimate of drug-likeness (QED) is 0.601. The summed E-state index contributed by atoms with van der Waals surface area (Å²) in [5.74, 6) is -0.337. The number of ether oxygens (including phenoxy) is 1. The number of thiophene rings is 1. The second-order valence-corrected chi connectivity index (χ2v) is 7.21. The number of carbonyl (C=O) groups is 1. The molecule has 0 unspecified atom stereocenters. The van der Waals surface area contributed by atoms with Crippen LogP contribution < -0.4 is 10.6 Å². The fraction of sp³-hybridized carbons (Fsp3) is 0.333. The summed E-state index contributed by atoms with van der Waals surface area (Å²) in [4.78, 5) is 13.6. The Morgan fingerprint density at radius 2 is 1.96 bits per heavy atom. The number of hydrogen-bond donors (Lipinski definition) is 2. The SMILES string of the molecule is CCOC(=O)c1c(NC(=S)NC(C)C)sc(C)c1-c1ccccc1. The van der Waals surface area contributed by atoms with E-state index in [0.29, 0.717) is 22.3 Å². The van der Waals surface area contributed by atoms with E-state index in [9.17, 15) is 4.79 Å². The molecular weight excluding hydrogens is 340 g/mol. The van der Waals surface area contributed by atoms with Crippen molar-refractivity contribution in [3.05, 3.63) is 40.8 Å². The molecule has 2 aromatic rings. The molecule has 0 amide bonds. The predicted octanol–water partition coefficient (Wildman–Crippen LogP) is 4.60. The molecule has 0 bridgehead atoms. The van der Waals surface area contributed by atoms with Crippen molar-refractivity contribution in [3.63, 3.8) is 0 Å². The van der Waals surface area contributed by atoms with Crippen LogP contribution in [0.25, 0.3) is 11.1 Å². The summed E-state index contributed by atoms with van der Waals surface area (Å²) in [6, 6.07) is 10.1. The largest absolute Gasteiger partial charge is 0.462 e. The Labute approximate surface area is 152 Å². The van der Waals surface area contributed by atoms with Gasteiger partial charge in [-0.25, -0.2) is 4.79 Å². The smallest absolute Gasteiger partial charge is 0.341 e. The van der Waals surface area contributed by atoms with Gasteiger partial charge in [-0.15, -0.1) is 11.3 Å². The summed E-state index contributed by atoms with van der Waals surface area (Å²) in [5.41, 5.74) is 2.43. The maximum absolute atomic E-state index is 12.6. The van der Waals surface area contributed by atoms with E-state index in [1.807, 2.05) is 51.1 Å². The highest BCUT2D eigenvalue weighted by Crippen LogP contribution is 2.40. The lowest BCUT2D eigenvalue weighted by molar-refractivity contribution is 0.0529. The third-order valence-corrected chi connectivity index (χ3v) is 4.51. The van der Waals surface area contributed by atoms with Crippen LogP contribution >= 0.6 is 23.6 Å². The molecule has 1 heterocycles. The number of thiocarbonyl (C=S) groups is 1. The van der Waals surface area contributed by atoms with Crippen LogP contribution in [0, 0.1) is 6.92 Å². The van der Waals surface area contributed by atoms with Gasteiger partial charge in [0.25, 0.3) is 0 Å². The fourth-order valence-electron chi connectivity index (χ4n) is 2.38. The molecular formula is C18H22N2O2S2. The molecule has 2 rings (SSSR count). The Balaban J connectivity index is 2.48. The summed E-state index contributed by atoms with van der Waals surface area (Å²) in [5, 5.41) is 7.49. The Bertz CT molecular complexity index is 724. The number of rotatable bonds is 5. The molecule has 0 spiro atoms. The zero-order chi connectivity index (χ0) is 17.7. The fourth-order valence-corrected chi connectivity index (χ4v) is 3.86. The van der Waals surface area contributed by atoms with Crippen LogP contribution in [0.4, 0.5) is 5.00 Å². The topological polar surface area (TPSA) is 50.4 Å². The minimum Gasteiger partial charge on any atom is -0.462 e. The molecule has 4 nitrogen and oxygen atoms in total. The van der Waals surface area contributed by atoms with Gasteiger partial charge in [0.2, 0.25) is 0 Å². The number of aryl methyl sites for hydroxylation is 1. The van der Waals surface area contributed by atoms with E-state index in [-0.39, 0.29) is 12.0 Å². The van der Waals surface area contributed by atoms with E-state index in [1.165, 1.54) is 11.3 Å². The van der Waals surface area contributed by atoms with Gasteiger partial charge in [0.1, 0.15) is 10.6 Å². The van der Waals surface area contributed by atoms with E-state index in [2.05, 4.69) is 10.6 Å². The molecule has 2 N–H and O–H groups in total. The Hall–Kier alpha value is -1.92. The second kappa shape index (κ2) is 8.26. The lowest BCUT2D eigenvalue weighted by Crippen LogP contribution is -2.34. The molecule has 0 aliphatic carbocycles. The van der Waals surface area contributed by atoms with Crippen molar-refractivity contribution in [2.75, 3.05) is 11.9 Å². The van der Waals surface area contributed by atoms with Gasteiger partial charge in [0, 0.05) is 16.5 Å². The van der Waals surface area contributed by atoms with Crippen molar-refractivity contribution >= 4 is 39.6 Å². The number of carbonyl (C=O) groups excluding carboxylic acids is 1. The standard InChI is InChI=1S/C18H22N2O2S2/c1-5-22-17(21)15-14(13-9-7-6-8-10-13)12(4)24-16(15)20-18(23)19-11(2)3/h6-11H,5H2,1-4H3,(H2,19,20,23). The third kappa shape index (κ3) is 4.33. The van der Waals surface area contributed by atoms with Crippen molar-refractivity contribution in [3.8, 4) is 11.1 Å². The molecule has 0 radical (unpaired) electrons. The first-order valence-corrected chi connectivity index (χ1v) is 9.10.